The molecule has 1 saturated heterocycles. The van der Waals surface area contributed by atoms with Crippen molar-refractivity contribution in [3.05, 3.63) is 35.9 Å². The molecule has 0 unspecified atom stereocenters. The zero-order valence-electron chi connectivity index (χ0n) is 13.3. The summed E-state index contributed by atoms with van der Waals surface area (Å²) >= 11 is 0. The van der Waals surface area contributed by atoms with Gasteiger partial charge in [-0.2, -0.15) is 5.10 Å². The Bertz CT molecular complexity index is 734. The van der Waals surface area contributed by atoms with Gasteiger partial charge in [0.1, 0.15) is 12.2 Å². The van der Waals surface area contributed by atoms with E-state index >= 15 is 0 Å². The summed E-state index contributed by atoms with van der Waals surface area (Å²) in [6.07, 6.45) is 2.24. The van der Waals surface area contributed by atoms with E-state index in [2.05, 4.69) is 15.2 Å². The Hall–Kier alpha value is -2.61. The lowest BCUT2D eigenvalue weighted by atomic mass is 10.00. The van der Waals surface area contributed by atoms with E-state index in [-0.39, 0.29) is 24.7 Å². The van der Waals surface area contributed by atoms with Crippen molar-refractivity contribution in [2.75, 3.05) is 27.0 Å². The number of likely N-dealkylation sites (N-methyl/N-ethyl adjacent to an activating group) is 1. The van der Waals surface area contributed by atoms with Crippen LogP contribution in [-0.4, -0.2) is 59.1 Å². The van der Waals surface area contributed by atoms with Gasteiger partial charge in [-0.15, -0.1) is 0 Å². The molecule has 24 heavy (non-hydrogen) atoms. The normalized spacial score (nSPS) is 21.9. The number of carbonyl (C=O) groups excluding carboxylic acids is 1. The number of ether oxygens (including phenoxy) is 3. The number of amides is 1. The SMILES string of the molecule is CN(C[C@H]1OCC[C@H]1c1ncn[nH]1)C(=O)c1cccc2c1OCO2. The van der Waals surface area contributed by atoms with Crippen molar-refractivity contribution < 1.29 is 19.0 Å². The van der Waals surface area contributed by atoms with E-state index in [9.17, 15) is 4.79 Å². The Kier molecular flexibility index (Phi) is 3.81. The molecule has 0 aliphatic carbocycles. The number of benzene rings is 1. The molecule has 126 valence electrons. The smallest absolute Gasteiger partial charge is 0.257 e. The summed E-state index contributed by atoms with van der Waals surface area (Å²) in [6, 6.07) is 5.33. The highest BCUT2D eigenvalue weighted by Crippen LogP contribution is 2.36. The van der Waals surface area contributed by atoms with E-state index in [0.717, 1.165) is 12.2 Å². The fraction of sp³-hybridized carbons (Fsp3) is 0.438. The average Bonchev–Trinajstić information content (AvgIpc) is 3.33. The molecule has 0 spiro atoms. The lowest BCUT2D eigenvalue weighted by Gasteiger charge is -2.24. The molecule has 1 amide bonds. The quantitative estimate of drug-likeness (QED) is 0.905. The molecule has 2 aromatic rings. The molecule has 2 aliphatic heterocycles. The molecule has 1 aromatic heterocycles. The molecule has 0 bridgehead atoms. The number of aromatic amines is 1. The molecule has 0 radical (unpaired) electrons. The van der Waals surface area contributed by atoms with Crippen molar-refractivity contribution >= 4 is 5.91 Å². The second kappa shape index (κ2) is 6.12. The third-order valence-corrected chi connectivity index (χ3v) is 4.42. The Balaban J connectivity index is 1.49. The molecule has 8 heteroatoms. The van der Waals surface area contributed by atoms with Gasteiger partial charge in [0.05, 0.1) is 11.7 Å². The number of nitrogens with one attached hydrogen (secondary N) is 1. The Morgan fingerprint density at radius 2 is 2.33 bits per heavy atom. The minimum Gasteiger partial charge on any atom is -0.454 e. The van der Waals surface area contributed by atoms with Crippen LogP contribution in [0.1, 0.15) is 28.5 Å². The van der Waals surface area contributed by atoms with Gasteiger partial charge in [-0.25, -0.2) is 4.98 Å². The Labute approximate surface area is 138 Å². The van der Waals surface area contributed by atoms with Gasteiger partial charge >= 0.3 is 0 Å². The zero-order chi connectivity index (χ0) is 16.5. The third kappa shape index (κ3) is 2.58. The first-order valence-electron chi connectivity index (χ1n) is 7.85. The van der Waals surface area contributed by atoms with E-state index < -0.39 is 0 Å². The first-order chi connectivity index (χ1) is 11.7. The van der Waals surface area contributed by atoms with Gasteiger partial charge in [0.25, 0.3) is 5.91 Å². The summed E-state index contributed by atoms with van der Waals surface area (Å²) in [5.41, 5.74) is 0.502. The maximum absolute atomic E-state index is 12.8. The van der Waals surface area contributed by atoms with Crippen LogP contribution in [0.4, 0.5) is 0 Å². The van der Waals surface area contributed by atoms with E-state index in [0.29, 0.717) is 30.2 Å². The zero-order valence-corrected chi connectivity index (χ0v) is 13.3. The largest absolute Gasteiger partial charge is 0.454 e. The summed E-state index contributed by atoms with van der Waals surface area (Å²) in [6.45, 7) is 1.26. The minimum absolute atomic E-state index is 0.110. The van der Waals surface area contributed by atoms with Gasteiger partial charge in [0.15, 0.2) is 11.5 Å². The third-order valence-electron chi connectivity index (χ3n) is 4.42. The van der Waals surface area contributed by atoms with Crippen LogP contribution in [0.3, 0.4) is 0 Å². The Morgan fingerprint density at radius 1 is 1.42 bits per heavy atom. The summed E-state index contributed by atoms with van der Waals surface area (Å²) in [5, 5.41) is 6.80. The van der Waals surface area contributed by atoms with Crippen molar-refractivity contribution in [2.24, 2.45) is 0 Å². The van der Waals surface area contributed by atoms with Gasteiger partial charge in [0, 0.05) is 26.1 Å². The fourth-order valence-electron chi connectivity index (χ4n) is 3.19. The molecule has 1 fully saturated rings. The predicted molar refractivity (Wildman–Crippen MR) is 83.0 cm³/mol. The van der Waals surface area contributed by atoms with Crippen LogP contribution < -0.4 is 9.47 Å². The summed E-state index contributed by atoms with van der Waals surface area (Å²) < 4.78 is 16.6. The number of para-hydroxylation sites is 1. The summed E-state index contributed by atoms with van der Waals surface area (Å²) in [4.78, 5) is 18.7. The van der Waals surface area contributed by atoms with Gasteiger partial charge in [0.2, 0.25) is 6.79 Å². The van der Waals surface area contributed by atoms with Crippen LogP contribution >= 0.6 is 0 Å². The molecular formula is C16H18N4O4. The number of hydrogen-bond acceptors (Lipinski definition) is 6. The van der Waals surface area contributed by atoms with Crippen LogP contribution in [0.5, 0.6) is 11.5 Å². The van der Waals surface area contributed by atoms with Crippen molar-refractivity contribution in [3.8, 4) is 11.5 Å². The molecule has 2 aliphatic rings. The van der Waals surface area contributed by atoms with Gasteiger partial charge < -0.3 is 19.1 Å². The highest BCUT2D eigenvalue weighted by Gasteiger charge is 2.34. The van der Waals surface area contributed by atoms with E-state index in [1.165, 1.54) is 6.33 Å². The molecule has 3 heterocycles. The highest BCUT2D eigenvalue weighted by molar-refractivity contribution is 5.97. The molecule has 4 rings (SSSR count). The van der Waals surface area contributed by atoms with E-state index in [4.69, 9.17) is 14.2 Å². The summed E-state index contributed by atoms with van der Waals surface area (Å²) in [5.74, 6) is 1.91. The van der Waals surface area contributed by atoms with Crippen LogP contribution in [-0.2, 0) is 4.74 Å². The lowest BCUT2D eigenvalue weighted by molar-refractivity contribution is 0.0547. The van der Waals surface area contributed by atoms with Crippen molar-refractivity contribution in [1.82, 2.24) is 20.1 Å². The number of H-pyrrole nitrogens is 1. The number of fused-ring (bicyclic) bond motifs is 1. The first-order valence-corrected chi connectivity index (χ1v) is 7.85. The van der Waals surface area contributed by atoms with Crippen LogP contribution in [0.15, 0.2) is 24.5 Å². The number of rotatable bonds is 4. The number of nitrogens with zero attached hydrogens (tertiary/aromatic N) is 3. The molecular weight excluding hydrogens is 312 g/mol. The number of carbonyl (C=O) groups is 1. The van der Waals surface area contributed by atoms with Gasteiger partial charge in [-0.05, 0) is 18.6 Å². The molecule has 1 N–H and O–H groups in total. The predicted octanol–water partition coefficient (Wildman–Crippen LogP) is 1.18. The lowest BCUT2D eigenvalue weighted by Crippen LogP contribution is -2.36. The fourth-order valence-corrected chi connectivity index (χ4v) is 3.19. The van der Waals surface area contributed by atoms with E-state index in [1.807, 2.05) is 0 Å². The minimum atomic E-state index is -0.121. The van der Waals surface area contributed by atoms with E-state index in [1.54, 1.807) is 30.1 Å². The average molecular weight is 330 g/mol. The topological polar surface area (TPSA) is 89.6 Å². The standard InChI is InChI=1S/C16H18N4O4/c1-20(7-13-10(5-6-22-13)15-17-8-18-19-15)16(21)11-3-2-4-12-14(11)24-9-23-12/h2-4,8,10,13H,5-7,9H2,1H3,(H,17,18,19)/t10-,13-/m1/s1. The first kappa shape index (κ1) is 14.9. The molecule has 1 aromatic carbocycles. The van der Waals surface area contributed by atoms with Crippen molar-refractivity contribution in [2.45, 2.75) is 18.4 Å². The second-order valence-corrected chi connectivity index (χ2v) is 5.90. The van der Waals surface area contributed by atoms with Gasteiger partial charge in [-0.3, -0.25) is 9.89 Å². The molecule has 8 nitrogen and oxygen atoms in total. The maximum atomic E-state index is 12.8. The summed E-state index contributed by atoms with van der Waals surface area (Å²) in [7, 11) is 1.76. The number of aromatic nitrogens is 3. The molecule has 0 saturated carbocycles. The monoisotopic (exact) mass is 330 g/mol. The van der Waals surface area contributed by atoms with Crippen molar-refractivity contribution in [3.63, 3.8) is 0 Å². The Morgan fingerprint density at radius 3 is 3.17 bits per heavy atom. The maximum Gasteiger partial charge on any atom is 0.257 e. The van der Waals surface area contributed by atoms with Crippen LogP contribution in [0, 0.1) is 0 Å². The van der Waals surface area contributed by atoms with Crippen molar-refractivity contribution in [1.29, 1.82) is 0 Å². The number of hydrogen-bond donors (Lipinski definition) is 1. The van der Waals surface area contributed by atoms with Crippen LogP contribution in [0.25, 0.3) is 0 Å². The van der Waals surface area contributed by atoms with Gasteiger partial charge in [-0.1, -0.05) is 6.07 Å². The second-order valence-electron chi connectivity index (χ2n) is 5.90. The highest BCUT2D eigenvalue weighted by atomic mass is 16.7. The molecule has 2 atom stereocenters. The van der Waals surface area contributed by atoms with Crippen LogP contribution in [0.2, 0.25) is 0 Å².